The van der Waals surface area contributed by atoms with E-state index in [1.807, 2.05) is 31.2 Å². The van der Waals surface area contributed by atoms with E-state index in [9.17, 15) is 4.79 Å². The van der Waals surface area contributed by atoms with E-state index in [1.54, 1.807) is 25.3 Å². The van der Waals surface area contributed by atoms with E-state index in [4.69, 9.17) is 9.84 Å². The number of rotatable bonds is 3. The Kier molecular flexibility index (Phi) is 3.33. The van der Waals surface area contributed by atoms with Crippen molar-refractivity contribution in [1.82, 2.24) is 0 Å². The molecule has 18 heavy (non-hydrogen) atoms. The molecule has 0 unspecified atom stereocenters. The van der Waals surface area contributed by atoms with Crippen LogP contribution in [-0.4, -0.2) is 18.2 Å². The Hall–Kier alpha value is -2.29. The molecule has 2 aromatic rings. The van der Waals surface area contributed by atoms with Crippen LogP contribution in [0.3, 0.4) is 0 Å². The van der Waals surface area contributed by atoms with Crippen molar-refractivity contribution in [3.63, 3.8) is 0 Å². The van der Waals surface area contributed by atoms with Crippen molar-refractivity contribution in [1.29, 1.82) is 0 Å². The predicted octanol–water partition coefficient (Wildman–Crippen LogP) is 3.37. The number of methoxy groups -OCH3 is 1. The van der Waals surface area contributed by atoms with Gasteiger partial charge in [-0.15, -0.1) is 0 Å². The normalized spacial score (nSPS) is 10.1. The summed E-state index contributed by atoms with van der Waals surface area (Å²) in [5.74, 6) is -0.188. The zero-order valence-corrected chi connectivity index (χ0v) is 10.3. The zero-order valence-electron chi connectivity index (χ0n) is 10.3. The summed E-state index contributed by atoms with van der Waals surface area (Å²) in [6.07, 6.45) is 0. The molecule has 0 fully saturated rings. The van der Waals surface area contributed by atoms with Crippen LogP contribution >= 0.6 is 0 Å². The van der Waals surface area contributed by atoms with Crippen LogP contribution < -0.4 is 4.74 Å². The molecule has 0 saturated carbocycles. The maximum atomic E-state index is 11.0. The van der Waals surface area contributed by atoms with E-state index in [2.05, 4.69) is 0 Å². The molecule has 0 aliphatic rings. The average molecular weight is 242 g/mol. The molecule has 0 atom stereocenters. The van der Waals surface area contributed by atoms with Gasteiger partial charge in [0.1, 0.15) is 5.75 Å². The molecule has 3 nitrogen and oxygen atoms in total. The molecule has 2 aromatic carbocycles. The molecule has 0 aromatic heterocycles. The third kappa shape index (κ3) is 2.35. The first-order valence-corrected chi connectivity index (χ1v) is 5.60. The maximum Gasteiger partial charge on any atom is 0.335 e. The fourth-order valence-electron chi connectivity index (χ4n) is 1.87. The highest BCUT2D eigenvalue weighted by Gasteiger charge is 2.09. The summed E-state index contributed by atoms with van der Waals surface area (Å²) in [5, 5.41) is 9.01. The van der Waals surface area contributed by atoms with E-state index in [0.29, 0.717) is 0 Å². The minimum absolute atomic E-state index is 0.274. The van der Waals surface area contributed by atoms with Crippen molar-refractivity contribution < 1.29 is 14.6 Å². The summed E-state index contributed by atoms with van der Waals surface area (Å²) in [5.41, 5.74) is 3.12. The van der Waals surface area contributed by atoms with Gasteiger partial charge in [0.2, 0.25) is 0 Å². The van der Waals surface area contributed by atoms with Crippen molar-refractivity contribution in [2.45, 2.75) is 6.92 Å². The van der Waals surface area contributed by atoms with Crippen molar-refractivity contribution in [3.8, 4) is 16.9 Å². The van der Waals surface area contributed by atoms with Gasteiger partial charge >= 0.3 is 5.97 Å². The molecular weight excluding hydrogens is 228 g/mol. The third-order valence-electron chi connectivity index (χ3n) is 2.78. The number of hydrogen-bond donors (Lipinski definition) is 1. The number of carbonyl (C=O) groups is 1. The van der Waals surface area contributed by atoms with Crippen LogP contribution in [0.15, 0.2) is 42.5 Å². The molecule has 1 N–H and O–H groups in total. The van der Waals surface area contributed by atoms with E-state index >= 15 is 0 Å². The summed E-state index contributed by atoms with van der Waals surface area (Å²) in [7, 11) is 1.61. The highest BCUT2D eigenvalue weighted by molar-refractivity contribution is 5.89. The molecule has 0 saturated heterocycles. The van der Waals surface area contributed by atoms with Crippen LogP contribution in [0.25, 0.3) is 11.1 Å². The number of ether oxygens (including phenoxy) is 1. The SMILES string of the molecule is COc1ccc(C)cc1-c1cccc(C(=O)O)c1. The minimum atomic E-state index is -0.927. The number of hydrogen-bond acceptors (Lipinski definition) is 2. The lowest BCUT2D eigenvalue weighted by Gasteiger charge is -2.10. The Bertz CT molecular complexity index is 588. The summed E-state index contributed by atoms with van der Waals surface area (Å²) in [6.45, 7) is 1.99. The lowest BCUT2D eigenvalue weighted by molar-refractivity contribution is 0.0697. The molecule has 0 amide bonds. The second-order valence-corrected chi connectivity index (χ2v) is 4.09. The molecule has 0 aliphatic carbocycles. The average Bonchev–Trinajstić information content (AvgIpc) is 2.39. The molecule has 0 aliphatic heterocycles. The molecule has 0 spiro atoms. The Morgan fingerprint density at radius 3 is 2.61 bits per heavy atom. The van der Waals surface area contributed by atoms with Crippen LogP contribution in [0.2, 0.25) is 0 Å². The molecular formula is C15H14O3. The molecule has 0 heterocycles. The van der Waals surface area contributed by atoms with Crippen molar-refractivity contribution in [2.24, 2.45) is 0 Å². The van der Waals surface area contributed by atoms with Gasteiger partial charge in [0, 0.05) is 5.56 Å². The van der Waals surface area contributed by atoms with Gasteiger partial charge in [0.15, 0.2) is 0 Å². The minimum Gasteiger partial charge on any atom is -0.496 e. The van der Waals surface area contributed by atoms with Crippen molar-refractivity contribution in [3.05, 3.63) is 53.6 Å². The first-order valence-electron chi connectivity index (χ1n) is 5.60. The van der Waals surface area contributed by atoms with Crippen molar-refractivity contribution >= 4 is 5.97 Å². The molecule has 0 radical (unpaired) electrons. The number of carboxylic acids is 1. The highest BCUT2D eigenvalue weighted by atomic mass is 16.5. The third-order valence-corrected chi connectivity index (χ3v) is 2.78. The van der Waals surface area contributed by atoms with Gasteiger partial charge in [-0.05, 0) is 36.8 Å². The molecule has 3 heteroatoms. The Morgan fingerprint density at radius 1 is 1.17 bits per heavy atom. The number of aryl methyl sites for hydroxylation is 1. The van der Waals surface area contributed by atoms with Gasteiger partial charge in [-0.1, -0.05) is 23.8 Å². The topological polar surface area (TPSA) is 46.5 Å². The maximum absolute atomic E-state index is 11.0. The van der Waals surface area contributed by atoms with Gasteiger partial charge in [-0.2, -0.15) is 0 Å². The second-order valence-electron chi connectivity index (χ2n) is 4.09. The number of benzene rings is 2. The first kappa shape index (κ1) is 12.2. The van der Waals surface area contributed by atoms with Gasteiger partial charge in [-0.25, -0.2) is 4.79 Å². The van der Waals surface area contributed by atoms with Crippen LogP contribution in [0, 0.1) is 6.92 Å². The molecule has 0 bridgehead atoms. The largest absolute Gasteiger partial charge is 0.496 e. The van der Waals surface area contributed by atoms with Crippen molar-refractivity contribution in [2.75, 3.05) is 7.11 Å². The monoisotopic (exact) mass is 242 g/mol. The number of aromatic carboxylic acids is 1. The van der Waals surface area contributed by atoms with E-state index < -0.39 is 5.97 Å². The van der Waals surface area contributed by atoms with Crippen LogP contribution in [0.5, 0.6) is 5.75 Å². The highest BCUT2D eigenvalue weighted by Crippen LogP contribution is 2.31. The van der Waals surface area contributed by atoms with Gasteiger partial charge in [0.25, 0.3) is 0 Å². The lowest BCUT2D eigenvalue weighted by atomic mass is 10.0. The fourth-order valence-corrected chi connectivity index (χ4v) is 1.87. The van der Waals surface area contributed by atoms with Crippen LogP contribution in [-0.2, 0) is 0 Å². The summed E-state index contributed by atoms with van der Waals surface area (Å²) < 4.78 is 5.31. The number of carboxylic acid groups (broad SMARTS) is 1. The van der Waals surface area contributed by atoms with Crippen LogP contribution in [0.1, 0.15) is 15.9 Å². The van der Waals surface area contributed by atoms with Gasteiger partial charge < -0.3 is 9.84 Å². The Balaban J connectivity index is 2.57. The fraction of sp³-hybridized carbons (Fsp3) is 0.133. The summed E-state index contributed by atoms with van der Waals surface area (Å²) in [6, 6.07) is 12.7. The van der Waals surface area contributed by atoms with E-state index in [1.165, 1.54) is 0 Å². The quantitative estimate of drug-likeness (QED) is 0.897. The Morgan fingerprint density at radius 2 is 1.94 bits per heavy atom. The second kappa shape index (κ2) is 4.92. The van der Waals surface area contributed by atoms with Crippen LogP contribution in [0.4, 0.5) is 0 Å². The zero-order chi connectivity index (χ0) is 13.1. The van der Waals surface area contributed by atoms with E-state index in [-0.39, 0.29) is 5.56 Å². The summed E-state index contributed by atoms with van der Waals surface area (Å²) >= 11 is 0. The predicted molar refractivity (Wildman–Crippen MR) is 70.1 cm³/mol. The molecule has 2 rings (SSSR count). The van der Waals surface area contributed by atoms with Gasteiger partial charge in [0.05, 0.1) is 12.7 Å². The van der Waals surface area contributed by atoms with E-state index in [0.717, 1.165) is 22.4 Å². The smallest absolute Gasteiger partial charge is 0.335 e. The molecule has 92 valence electrons. The standard InChI is InChI=1S/C15H14O3/c1-10-6-7-14(18-2)13(8-10)11-4-3-5-12(9-11)15(16)17/h3-9H,1-2H3,(H,16,17). The Labute approximate surface area is 106 Å². The van der Waals surface area contributed by atoms with Gasteiger partial charge in [-0.3, -0.25) is 0 Å². The summed E-state index contributed by atoms with van der Waals surface area (Å²) in [4.78, 5) is 11.0. The lowest BCUT2D eigenvalue weighted by Crippen LogP contribution is -1.96. The first-order chi connectivity index (χ1) is 8.61.